The summed E-state index contributed by atoms with van der Waals surface area (Å²) in [5.74, 6) is 2.38. The molecule has 6 rings (SSSR count). The average molecular weight is 373 g/mol. The minimum Gasteiger partial charge on any atom is -0.355 e. The van der Waals surface area contributed by atoms with Gasteiger partial charge in [0.25, 0.3) is 0 Å². The zero-order valence-corrected chi connectivity index (χ0v) is 16.3. The van der Waals surface area contributed by atoms with Gasteiger partial charge in [0, 0.05) is 19.5 Å². The normalized spacial score (nSPS) is 42.5. The Hall–Kier alpha value is -1.39. The predicted octanol–water partition coefficient (Wildman–Crippen LogP) is 2.88. The van der Waals surface area contributed by atoms with Gasteiger partial charge in [0.15, 0.2) is 0 Å². The van der Waals surface area contributed by atoms with Gasteiger partial charge in [-0.3, -0.25) is 19.3 Å². The number of carbonyl (C=O) groups is 3. The van der Waals surface area contributed by atoms with Crippen LogP contribution in [0, 0.1) is 35.0 Å². The van der Waals surface area contributed by atoms with Crippen LogP contribution in [-0.4, -0.2) is 35.7 Å². The van der Waals surface area contributed by atoms with Gasteiger partial charge in [0.1, 0.15) is 0 Å². The molecule has 148 valence electrons. The number of amides is 3. The molecular weight excluding hydrogens is 340 g/mol. The van der Waals surface area contributed by atoms with Crippen LogP contribution in [0.4, 0.5) is 0 Å². The largest absolute Gasteiger partial charge is 0.355 e. The third-order valence-electron chi connectivity index (χ3n) is 8.32. The number of imide groups is 1. The number of nitrogens with zero attached hydrogens (tertiary/aromatic N) is 1. The molecule has 0 aromatic carbocycles. The average Bonchev–Trinajstić information content (AvgIpc) is 2.88. The minimum absolute atomic E-state index is 0.00113. The summed E-state index contributed by atoms with van der Waals surface area (Å²) in [5, 5.41) is 3.17. The first-order valence-electron chi connectivity index (χ1n) is 11.1. The van der Waals surface area contributed by atoms with Crippen molar-refractivity contribution in [2.75, 3.05) is 13.1 Å². The van der Waals surface area contributed by atoms with Crippen LogP contribution in [-0.2, 0) is 14.4 Å². The number of nitrogens with one attached hydrogen (secondary N) is 1. The summed E-state index contributed by atoms with van der Waals surface area (Å²) in [6.07, 6.45) is 12.1. The van der Waals surface area contributed by atoms with E-state index in [1.807, 2.05) is 0 Å². The molecular formula is C22H32N2O3. The van der Waals surface area contributed by atoms with Crippen molar-refractivity contribution in [3.05, 3.63) is 0 Å². The number of carbonyl (C=O) groups excluding carboxylic acids is 3. The molecule has 5 heteroatoms. The van der Waals surface area contributed by atoms with Crippen molar-refractivity contribution in [1.29, 1.82) is 0 Å². The van der Waals surface area contributed by atoms with E-state index in [0.29, 0.717) is 5.41 Å². The first kappa shape index (κ1) is 17.7. The summed E-state index contributed by atoms with van der Waals surface area (Å²) in [5.41, 5.74) is 0.332. The van der Waals surface area contributed by atoms with Crippen LogP contribution in [0.15, 0.2) is 0 Å². The standard InChI is InChI=1S/C22H32N2O3/c25-19(5-6-24-20(26)17-3-1-2-4-18(17)21(24)27)23-13-22-10-14-7-15(11-22)9-16(8-14)12-22/h14-18H,1-13H2,(H,23,25)/t14?,15?,16?,17-,18-,22?/m1/s1. The molecule has 1 N–H and O–H groups in total. The Morgan fingerprint density at radius 1 is 0.926 bits per heavy atom. The van der Waals surface area contributed by atoms with E-state index in [9.17, 15) is 14.4 Å². The van der Waals surface area contributed by atoms with Crippen molar-refractivity contribution in [3.63, 3.8) is 0 Å². The fraction of sp³-hybridized carbons (Fsp3) is 0.864. The van der Waals surface area contributed by atoms with Gasteiger partial charge < -0.3 is 5.32 Å². The fourth-order valence-electron chi connectivity index (χ4n) is 7.55. The molecule has 1 heterocycles. The lowest BCUT2D eigenvalue weighted by molar-refractivity contribution is -0.140. The Labute approximate surface area is 161 Å². The smallest absolute Gasteiger partial charge is 0.233 e. The second-order valence-corrected chi connectivity index (χ2v) is 10.3. The lowest BCUT2D eigenvalue weighted by Gasteiger charge is -2.56. The van der Waals surface area contributed by atoms with Crippen LogP contribution in [0.2, 0.25) is 0 Å². The molecule has 3 amide bonds. The summed E-state index contributed by atoms with van der Waals surface area (Å²) in [4.78, 5) is 38.9. The summed E-state index contributed by atoms with van der Waals surface area (Å²) < 4.78 is 0. The van der Waals surface area contributed by atoms with Crippen molar-refractivity contribution in [2.45, 2.75) is 70.6 Å². The van der Waals surface area contributed by atoms with E-state index >= 15 is 0 Å². The van der Waals surface area contributed by atoms with Crippen LogP contribution < -0.4 is 5.32 Å². The van der Waals surface area contributed by atoms with Gasteiger partial charge in [-0.2, -0.15) is 0 Å². The molecule has 6 aliphatic rings. The quantitative estimate of drug-likeness (QED) is 0.755. The van der Waals surface area contributed by atoms with E-state index in [2.05, 4.69) is 5.32 Å². The van der Waals surface area contributed by atoms with E-state index < -0.39 is 0 Å². The highest BCUT2D eigenvalue weighted by molar-refractivity contribution is 6.05. The fourth-order valence-corrected chi connectivity index (χ4v) is 7.55. The van der Waals surface area contributed by atoms with Gasteiger partial charge >= 0.3 is 0 Å². The molecule has 0 spiro atoms. The maximum Gasteiger partial charge on any atom is 0.233 e. The topological polar surface area (TPSA) is 66.5 Å². The second-order valence-electron chi connectivity index (χ2n) is 10.3. The van der Waals surface area contributed by atoms with Crippen molar-refractivity contribution >= 4 is 17.7 Å². The van der Waals surface area contributed by atoms with E-state index in [1.54, 1.807) is 0 Å². The molecule has 4 bridgehead atoms. The molecule has 1 aliphatic heterocycles. The first-order chi connectivity index (χ1) is 13.0. The number of fused-ring (bicyclic) bond motifs is 1. The summed E-state index contributed by atoms with van der Waals surface area (Å²) in [6.45, 7) is 1.06. The van der Waals surface area contributed by atoms with Crippen LogP contribution >= 0.6 is 0 Å². The lowest BCUT2D eigenvalue weighted by Crippen LogP contribution is -2.51. The zero-order chi connectivity index (χ0) is 18.6. The Morgan fingerprint density at radius 3 is 1.96 bits per heavy atom. The number of hydrogen-bond acceptors (Lipinski definition) is 3. The van der Waals surface area contributed by atoms with Gasteiger partial charge in [0.2, 0.25) is 17.7 Å². The Morgan fingerprint density at radius 2 is 1.44 bits per heavy atom. The molecule has 5 nitrogen and oxygen atoms in total. The first-order valence-corrected chi connectivity index (χ1v) is 11.1. The van der Waals surface area contributed by atoms with Gasteiger partial charge in [-0.25, -0.2) is 0 Å². The third-order valence-corrected chi connectivity index (χ3v) is 8.32. The second kappa shape index (κ2) is 6.59. The Bertz CT molecular complexity index is 599. The molecule has 0 aromatic rings. The maximum atomic E-state index is 12.5. The van der Waals surface area contributed by atoms with Crippen LogP contribution in [0.3, 0.4) is 0 Å². The monoisotopic (exact) mass is 372 g/mol. The zero-order valence-electron chi connectivity index (χ0n) is 16.3. The van der Waals surface area contributed by atoms with Crippen molar-refractivity contribution in [2.24, 2.45) is 35.0 Å². The van der Waals surface area contributed by atoms with Crippen LogP contribution in [0.25, 0.3) is 0 Å². The molecule has 27 heavy (non-hydrogen) atoms. The SMILES string of the molecule is O=C(CCN1C(=O)[C@@H]2CCCC[C@H]2C1=O)NCC12CC3CC(CC(C3)C1)C2. The molecule has 0 unspecified atom stereocenters. The molecule has 1 saturated heterocycles. The van der Waals surface area contributed by atoms with Gasteiger partial charge in [0.05, 0.1) is 11.8 Å². The molecule has 0 radical (unpaired) electrons. The van der Waals surface area contributed by atoms with Crippen LogP contribution in [0.5, 0.6) is 0 Å². The number of hydrogen-bond donors (Lipinski definition) is 1. The minimum atomic E-state index is -0.110. The van der Waals surface area contributed by atoms with E-state index in [0.717, 1.165) is 50.0 Å². The highest BCUT2D eigenvalue weighted by Gasteiger charge is 2.51. The molecule has 2 atom stereocenters. The van der Waals surface area contributed by atoms with Crippen molar-refractivity contribution < 1.29 is 14.4 Å². The maximum absolute atomic E-state index is 12.5. The molecule has 5 saturated carbocycles. The van der Waals surface area contributed by atoms with E-state index in [-0.39, 0.29) is 42.5 Å². The highest BCUT2D eigenvalue weighted by atomic mass is 16.2. The molecule has 5 aliphatic carbocycles. The van der Waals surface area contributed by atoms with Gasteiger partial charge in [-0.05, 0) is 74.5 Å². The van der Waals surface area contributed by atoms with Gasteiger partial charge in [-0.1, -0.05) is 12.8 Å². The summed E-state index contributed by atoms with van der Waals surface area (Å²) >= 11 is 0. The van der Waals surface area contributed by atoms with Crippen molar-refractivity contribution in [3.8, 4) is 0 Å². The predicted molar refractivity (Wildman–Crippen MR) is 100 cm³/mol. The van der Waals surface area contributed by atoms with Crippen LogP contribution in [0.1, 0.15) is 70.6 Å². The third kappa shape index (κ3) is 3.11. The lowest BCUT2D eigenvalue weighted by atomic mass is 9.49. The molecule has 0 aromatic heterocycles. The summed E-state index contributed by atoms with van der Waals surface area (Å²) in [7, 11) is 0. The Kier molecular flexibility index (Phi) is 4.32. The highest BCUT2D eigenvalue weighted by Crippen LogP contribution is 2.59. The van der Waals surface area contributed by atoms with Gasteiger partial charge in [-0.15, -0.1) is 0 Å². The van der Waals surface area contributed by atoms with Crippen molar-refractivity contribution in [1.82, 2.24) is 10.2 Å². The van der Waals surface area contributed by atoms with E-state index in [4.69, 9.17) is 0 Å². The number of rotatable bonds is 5. The summed E-state index contributed by atoms with van der Waals surface area (Å²) in [6, 6.07) is 0. The number of likely N-dealkylation sites (tertiary alicyclic amines) is 1. The molecule has 6 fully saturated rings. The Balaban J connectivity index is 1.13. The van der Waals surface area contributed by atoms with E-state index in [1.165, 1.54) is 43.4 Å².